The number of allylic oxidation sites excluding steroid dienone is 1. The summed E-state index contributed by atoms with van der Waals surface area (Å²) in [7, 11) is 0. The quantitative estimate of drug-likeness (QED) is 0.518. The molecule has 1 aromatic heterocycles. The van der Waals surface area contributed by atoms with E-state index in [1.165, 1.54) is 16.5 Å². The van der Waals surface area contributed by atoms with Gasteiger partial charge < -0.3 is 21.8 Å². The highest BCUT2D eigenvalue weighted by molar-refractivity contribution is 5.87. The van der Waals surface area contributed by atoms with Gasteiger partial charge >= 0.3 is 0 Å². The smallest absolute Gasteiger partial charge is 0.237 e. The predicted molar refractivity (Wildman–Crippen MR) is 99.8 cm³/mol. The third-order valence-electron chi connectivity index (χ3n) is 4.25. The number of rotatable bonds is 9. The van der Waals surface area contributed by atoms with Gasteiger partial charge in [-0.3, -0.25) is 9.59 Å². The van der Waals surface area contributed by atoms with Crippen molar-refractivity contribution in [3.63, 3.8) is 0 Å². The van der Waals surface area contributed by atoms with E-state index in [0.29, 0.717) is 6.54 Å². The van der Waals surface area contributed by atoms with Crippen molar-refractivity contribution in [3.8, 4) is 0 Å². The van der Waals surface area contributed by atoms with Gasteiger partial charge in [0.15, 0.2) is 0 Å². The molecule has 0 bridgehead atoms. The van der Waals surface area contributed by atoms with Crippen LogP contribution in [0.2, 0.25) is 0 Å². The largest absolute Gasteiger partial charge is 0.370 e. The molecule has 6 N–H and O–H groups in total. The van der Waals surface area contributed by atoms with Crippen LogP contribution < -0.4 is 16.8 Å². The maximum absolute atomic E-state index is 12.0. The second kappa shape index (κ2) is 8.48. The van der Waals surface area contributed by atoms with Crippen molar-refractivity contribution in [1.82, 2.24) is 10.3 Å². The van der Waals surface area contributed by atoms with Gasteiger partial charge in [-0.15, -0.1) is 6.58 Å². The van der Waals surface area contributed by atoms with Crippen LogP contribution in [0.3, 0.4) is 0 Å². The van der Waals surface area contributed by atoms with E-state index in [1.807, 2.05) is 12.3 Å². The molecule has 2 rings (SSSR count). The minimum absolute atomic E-state index is 0.153. The maximum Gasteiger partial charge on any atom is 0.237 e. The number of primary amides is 1. The zero-order chi connectivity index (χ0) is 18.4. The second-order valence-corrected chi connectivity index (χ2v) is 6.48. The minimum Gasteiger partial charge on any atom is -0.370 e. The van der Waals surface area contributed by atoms with E-state index in [9.17, 15) is 9.59 Å². The number of aromatic nitrogens is 1. The minimum atomic E-state index is -0.905. The molecule has 134 valence electrons. The van der Waals surface area contributed by atoms with Crippen molar-refractivity contribution < 1.29 is 9.59 Å². The highest BCUT2D eigenvalue weighted by Gasteiger charge is 2.18. The zero-order valence-corrected chi connectivity index (χ0v) is 14.5. The third-order valence-corrected chi connectivity index (χ3v) is 4.25. The van der Waals surface area contributed by atoms with Crippen molar-refractivity contribution in [2.24, 2.45) is 17.4 Å². The molecular weight excluding hydrogens is 316 g/mol. The van der Waals surface area contributed by atoms with Crippen LogP contribution in [0.5, 0.6) is 0 Å². The summed E-state index contributed by atoms with van der Waals surface area (Å²) in [5, 5.41) is 4.01. The molecule has 2 aromatic rings. The summed E-state index contributed by atoms with van der Waals surface area (Å²) >= 11 is 0. The molecule has 6 nitrogen and oxygen atoms in total. The number of hydrogen-bond acceptors (Lipinski definition) is 3. The monoisotopic (exact) mass is 342 g/mol. The summed E-state index contributed by atoms with van der Waals surface area (Å²) in [4.78, 5) is 26.1. The van der Waals surface area contributed by atoms with Crippen molar-refractivity contribution in [1.29, 1.82) is 0 Å². The molecule has 0 unspecified atom stereocenters. The van der Waals surface area contributed by atoms with Crippen LogP contribution in [0.4, 0.5) is 0 Å². The van der Waals surface area contributed by atoms with Crippen molar-refractivity contribution in [2.45, 2.75) is 32.2 Å². The Morgan fingerprint density at radius 1 is 1.40 bits per heavy atom. The number of benzene rings is 1. The lowest BCUT2D eigenvalue weighted by atomic mass is 9.95. The van der Waals surface area contributed by atoms with Crippen molar-refractivity contribution in [3.05, 3.63) is 48.2 Å². The molecule has 2 amide bonds. The molecule has 1 heterocycles. The summed E-state index contributed by atoms with van der Waals surface area (Å²) in [5.74, 6) is -0.746. The molecule has 2 atom stereocenters. The highest BCUT2D eigenvalue weighted by atomic mass is 16.2. The van der Waals surface area contributed by atoms with E-state index in [1.54, 1.807) is 0 Å². The average molecular weight is 342 g/mol. The lowest BCUT2D eigenvalue weighted by molar-refractivity contribution is -0.126. The molecule has 0 aliphatic carbocycles. The van der Waals surface area contributed by atoms with Gasteiger partial charge in [0.05, 0.1) is 12.5 Å². The fourth-order valence-electron chi connectivity index (χ4n) is 2.93. The van der Waals surface area contributed by atoms with Crippen molar-refractivity contribution >= 4 is 22.7 Å². The van der Waals surface area contributed by atoms with Gasteiger partial charge in [0.25, 0.3) is 0 Å². The number of nitrogens with two attached hydrogens (primary N) is 2. The highest BCUT2D eigenvalue weighted by Crippen LogP contribution is 2.23. The number of hydrogen-bond donors (Lipinski definition) is 4. The second-order valence-electron chi connectivity index (χ2n) is 6.48. The third kappa shape index (κ3) is 5.19. The van der Waals surface area contributed by atoms with Gasteiger partial charge in [-0.25, -0.2) is 0 Å². The Balaban J connectivity index is 2.02. The van der Waals surface area contributed by atoms with Crippen LogP contribution in [-0.2, 0) is 16.0 Å². The molecule has 0 aliphatic heterocycles. The molecule has 25 heavy (non-hydrogen) atoms. The summed E-state index contributed by atoms with van der Waals surface area (Å²) in [6.45, 7) is 6.34. The lowest BCUT2D eigenvalue weighted by Gasteiger charge is -2.17. The van der Waals surface area contributed by atoms with Gasteiger partial charge in [0.1, 0.15) is 0 Å². The predicted octanol–water partition coefficient (Wildman–Crippen LogP) is 1.53. The van der Waals surface area contributed by atoms with Gasteiger partial charge in [-0.05, 0) is 43.4 Å². The lowest BCUT2D eigenvalue weighted by Crippen LogP contribution is -2.44. The molecule has 0 aliphatic rings. The van der Waals surface area contributed by atoms with Crippen LogP contribution in [-0.4, -0.2) is 29.4 Å². The van der Waals surface area contributed by atoms with Gasteiger partial charge in [0.2, 0.25) is 11.8 Å². The van der Waals surface area contributed by atoms with E-state index in [-0.39, 0.29) is 18.2 Å². The van der Waals surface area contributed by atoms with E-state index < -0.39 is 11.9 Å². The molecule has 0 fully saturated rings. The number of fused-ring (bicyclic) bond motifs is 1. The van der Waals surface area contributed by atoms with E-state index in [4.69, 9.17) is 11.5 Å². The Bertz CT molecular complexity index is 766. The SMILES string of the molecule is C=CC[C@@H](CNC(=O)[C@@H](N)CC(N)=O)Cc1c[nH]c2ccc(C)cc12. The first-order chi connectivity index (χ1) is 11.9. The van der Waals surface area contributed by atoms with Crippen molar-refractivity contribution in [2.75, 3.05) is 6.54 Å². The average Bonchev–Trinajstić information content (AvgIpc) is 2.94. The maximum atomic E-state index is 12.0. The van der Waals surface area contributed by atoms with Gasteiger partial charge in [0, 0.05) is 23.6 Å². The molecule has 0 saturated heterocycles. The van der Waals surface area contributed by atoms with Crippen LogP contribution in [0.15, 0.2) is 37.1 Å². The first-order valence-corrected chi connectivity index (χ1v) is 8.39. The first-order valence-electron chi connectivity index (χ1n) is 8.39. The Morgan fingerprint density at radius 2 is 2.16 bits per heavy atom. The molecule has 0 radical (unpaired) electrons. The topological polar surface area (TPSA) is 114 Å². The first kappa shape index (κ1) is 18.7. The molecular formula is C19H26N4O2. The number of aryl methyl sites for hydroxylation is 1. The van der Waals surface area contributed by atoms with Crippen LogP contribution in [0.1, 0.15) is 24.0 Å². The molecule has 0 spiro atoms. The van der Waals surface area contributed by atoms with Crippen LogP contribution >= 0.6 is 0 Å². The molecule has 1 aromatic carbocycles. The number of aromatic amines is 1. The Kier molecular flexibility index (Phi) is 6.36. The Hall–Kier alpha value is -2.60. The molecule has 0 saturated carbocycles. The Labute approximate surface area is 147 Å². The normalized spacial score (nSPS) is 13.4. The fraction of sp³-hybridized carbons (Fsp3) is 0.368. The summed E-state index contributed by atoms with van der Waals surface area (Å²) in [5.41, 5.74) is 14.3. The summed E-state index contributed by atoms with van der Waals surface area (Å²) in [6, 6.07) is 5.40. The van der Waals surface area contributed by atoms with E-state index >= 15 is 0 Å². The van der Waals surface area contributed by atoms with E-state index in [2.05, 4.69) is 42.0 Å². The standard InChI is InChI=1S/C19H26N4O2/c1-3-4-13(10-23-19(25)16(20)9-18(21)24)8-14-11-22-17-6-5-12(2)7-15(14)17/h3,5-7,11,13,16,22H,1,4,8-10,20H2,2H3,(H2,21,24)(H,23,25)/t13-,16+/m1/s1. The summed E-state index contributed by atoms with van der Waals surface area (Å²) in [6.07, 6.45) is 5.28. The Morgan fingerprint density at radius 3 is 2.84 bits per heavy atom. The van der Waals surface area contributed by atoms with Crippen LogP contribution in [0, 0.1) is 12.8 Å². The van der Waals surface area contributed by atoms with Gasteiger partial charge in [-0.1, -0.05) is 17.7 Å². The number of carbonyl (C=O) groups excluding carboxylic acids is 2. The fourth-order valence-corrected chi connectivity index (χ4v) is 2.93. The van der Waals surface area contributed by atoms with E-state index in [0.717, 1.165) is 18.4 Å². The number of amides is 2. The number of H-pyrrole nitrogens is 1. The zero-order valence-electron chi connectivity index (χ0n) is 14.5. The summed E-state index contributed by atoms with van der Waals surface area (Å²) < 4.78 is 0. The van der Waals surface area contributed by atoms with Gasteiger partial charge in [-0.2, -0.15) is 0 Å². The van der Waals surface area contributed by atoms with Crippen LogP contribution in [0.25, 0.3) is 10.9 Å². The number of nitrogens with one attached hydrogen (secondary N) is 2. The molecule has 6 heteroatoms. The number of carbonyl (C=O) groups is 2.